The summed E-state index contributed by atoms with van der Waals surface area (Å²) in [6, 6.07) is 0. The molecule has 0 aliphatic heterocycles. The van der Waals surface area contributed by atoms with Gasteiger partial charge in [0.05, 0.1) is 0 Å². The van der Waals surface area contributed by atoms with Gasteiger partial charge in [-0.2, -0.15) is 0 Å². The number of ether oxygens (including phenoxy) is 2. The van der Waals surface area contributed by atoms with Gasteiger partial charge in [-0.1, -0.05) is 23.2 Å². The molecule has 0 bridgehead atoms. The van der Waals surface area contributed by atoms with E-state index in [2.05, 4.69) is 0 Å². The van der Waals surface area contributed by atoms with Gasteiger partial charge in [-0.05, 0) is 6.08 Å². The molecule has 11 heavy (non-hydrogen) atoms. The third-order valence-corrected chi connectivity index (χ3v) is 2.18. The molecular weight excluding hydrogens is 187 g/mol. The maximum absolute atomic E-state index is 5.47. The van der Waals surface area contributed by atoms with Crippen LogP contribution in [0.1, 0.15) is 6.42 Å². The summed E-state index contributed by atoms with van der Waals surface area (Å²) in [7, 11) is 3.22. The van der Waals surface area contributed by atoms with E-state index in [0.29, 0.717) is 0 Å². The van der Waals surface area contributed by atoms with Crippen LogP contribution in [0.4, 0.5) is 0 Å². The third-order valence-electron chi connectivity index (χ3n) is 1.93. The molecule has 0 heterocycles. The first-order chi connectivity index (χ1) is 5.14. The minimum absolute atomic E-state index is 0.197. The molecule has 0 spiro atoms. The van der Waals surface area contributed by atoms with E-state index in [4.69, 9.17) is 32.7 Å². The lowest BCUT2D eigenvalue weighted by atomic mass is 10.4. The smallest absolute Gasteiger partial charge is 0.174 e. The zero-order valence-electron chi connectivity index (χ0n) is 6.43. The Morgan fingerprint density at radius 3 is 2.27 bits per heavy atom. The average Bonchev–Trinajstić information content (AvgIpc) is 2.63. The first-order valence-electron chi connectivity index (χ1n) is 3.28. The summed E-state index contributed by atoms with van der Waals surface area (Å²) < 4.78 is 10.5. The van der Waals surface area contributed by atoms with Gasteiger partial charge in [-0.3, -0.25) is 0 Å². The van der Waals surface area contributed by atoms with E-state index in [9.17, 15) is 0 Å². The summed E-state index contributed by atoms with van der Waals surface area (Å²) in [6.45, 7) is 0. The van der Waals surface area contributed by atoms with E-state index in [1.165, 1.54) is 0 Å². The highest BCUT2D eigenvalue weighted by atomic mass is 35.5. The molecule has 0 aromatic carbocycles. The van der Waals surface area contributed by atoms with E-state index in [1.54, 1.807) is 20.3 Å². The van der Waals surface area contributed by atoms with Gasteiger partial charge in [-0.15, -0.1) is 0 Å². The van der Waals surface area contributed by atoms with Crippen molar-refractivity contribution in [1.82, 2.24) is 0 Å². The highest BCUT2D eigenvalue weighted by Crippen LogP contribution is 2.48. The third kappa shape index (κ3) is 1.88. The molecule has 1 saturated carbocycles. The van der Waals surface area contributed by atoms with Crippen molar-refractivity contribution in [3.05, 3.63) is 10.6 Å². The number of hydrogen-bond donors (Lipinski definition) is 0. The van der Waals surface area contributed by atoms with Crippen molar-refractivity contribution in [2.75, 3.05) is 14.2 Å². The van der Waals surface area contributed by atoms with E-state index in [-0.39, 0.29) is 10.4 Å². The van der Waals surface area contributed by atoms with Gasteiger partial charge in [0.2, 0.25) is 0 Å². The fraction of sp³-hybridized carbons (Fsp3) is 0.714. The van der Waals surface area contributed by atoms with Crippen LogP contribution in [0.2, 0.25) is 0 Å². The Balaban J connectivity index is 2.51. The number of halogens is 2. The minimum atomic E-state index is -0.463. The summed E-state index contributed by atoms with van der Waals surface area (Å²) in [4.78, 5) is 0. The van der Waals surface area contributed by atoms with Gasteiger partial charge in [0, 0.05) is 26.6 Å². The summed E-state index contributed by atoms with van der Waals surface area (Å²) in [6.07, 6.45) is 2.55. The summed E-state index contributed by atoms with van der Waals surface area (Å²) in [5, 5.41) is 0. The van der Waals surface area contributed by atoms with Crippen LogP contribution >= 0.6 is 23.2 Å². The molecule has 2 nitrogen and oxygen atoms in total. The van der Waals surface area contributed by atoms with Gasteiger partial charge in [-0.25, -0.2) is 0 Å². The highest BCUT2D eigenvalue weighted by molar-refractivity contribution is 6.55. The van der Waals surface area contributed by atoms with E-state index in [0.717, 1.165) is 6.42 Å². The molecule has 1 fully saturated rings. The number of hydrogen-bond acceptors (Lipinski definition) is 2. The molecule has 4 heteroatoms. The van der Waals surface area contributed by atoms with Crippen LogP contribution in [-0.4, -0.2) is 20.0 Å². The van der Waals surface area contributed by atoms with Crippen LogP contribution in [0.5, 0.6) is 0 Å². The van der Waals surface area contributed by atoms with Crippen molar-refractivity contribution in [3.8, 4) is 0 Å². The SMILES string of the molecule is COC1(OC)C[C@@H]1C=C(Cl)Cl. The summed E-state index contributed by atoms with van der Waals surface area (Å²) in [5.74, 6) is -0.267. The van der Waals surface area contributed by atoms with Crippen molar-refractivity contribution in [2.24, 2.45) is 5.92 Å². The zero-order valence-corrected chi connectivity index (χ0v) is 7.95. The minimum Gasteiger partial charge on any atom is -0.353 e. The lowest BCUT2D eigenvalue weighted by molar-refractivity contribution is -0.135. The molecule has 1 atom stereocenters. The quantitative estimate of drug-likeness (QED) is 0.646. The van der Waals surface area contributed by atoms with Crippen LogP contribution in [0.3, 0.4) is 0 Å². The van der Waals surface area contributed by atoms with Gasteiger partial charge in [0.1, 0.15) is 4.49 Å². The maximum Gasteiger partial charge on any atom is 0.174 e. The van der Waals surface area contributed by atoms with Crippen LogP contribution in [-0.2, 0) is 9.47 Å². The summed E-state index contributed by atoms with van der Waals surface area (Å²) in [5.41, 5.74) is 0. The zero-order chi connectivity index (χ0) is 8.48. The molecule has 0 aromatic heterocycles. The maximum atomic E-state index is 5.47. The second-order valence-corrected chi connectivity index (χ2v) is 3.49. The van der Waals surface area contributed by atoms with Crippen molar-refractivity contribution in [1.29, 1.82) is 0 Å². The van der Waals surface area contributed by atoms with E-state index < -0.39 is 5.79 Å². The van der Waals surface area contributed by atoms with Crippen molar-refractivity contribution in [2.45, 2.75) is 12.2 Å². The molecule has 0 aromatic rings. The lowest BCUT2D eigenvalue weighted by Crippen LogP contribution is -2.16. The summed E-state index contributed by atoms with van der Waals surface area (Å²) >= 11 is 10.9. The first-order valence-corrected chi connectivity index (χ1v) is 4.03. The van der Waals surface area contributed by atoms with Gasteiger partial charge < -0.3 is 9.47 Å². The van der Waals surface area contributed by atoms with Crippen molar-refractivity contribution >= 4 is 23.2 Å². The Kier molecular flexibility index (Phi) is 2.81. The van der Waals surface area contributed by atoms with E-state index >= 15 is 0 Å². The van der Waals surface area contributed by atoms with Crippen LogP contribution in [0.25, 0.3) is 0 Å². The Hall–Kier alpha value is 0.240. The normalized spacial score (nSPS) is 26.4. The van der Waals surface area contributed by atoms with Gasteiger partial charge >= 0.3 is 0 Å². The standard InChI is InChI=1S/C7H10Cl2O2/c1-10-7(11-2)4-5(7)3-6(8)9/h3,5H,4H2,1-2H3/t5-/m0/s1. The molecule has 0 saturated heterocycles. The van der Waals surface area contributed by atoms with Crippen LogP contribution in [0.15, 0.2) is 10.6 Å². The molecule has 0 radical (unpaired) electrons. The Labute approximate surface area is 76.1 Å². The molecule has 0 N–H and O–H groups in total. The molecule has 64 valence electrons. The second-order valence-electron chi connectivity index (χ2n) is 2.49. The first kappa shape index (κ1) is 9.33. The molecule has 1 aliphatic carbocycles. The Morgan fingerprint density at radius 1 is 1.45 bits per heavy atom. The van der Waals surface area contributed by atoms with Crippen LogP contribution in [0, 0.1) is 5.92 Å². The molecular formula is C7H10Cl2O2. The molecule has 1 aliphatic rings. The number of rotatable bonds is 3. The highest BCUT2D eigenvalue weighted by Gasteiger charge is 2.54. The fourth-order valence-electron chi connectivity index (χ4n) is 1.14. The second kappa shape index (κ2) is 3.31. The largest absolute Gasteiger partial charge is 0.353 e. The average molecular weight is 197 g/mol. The van der Waals surface area contributed by atoms with Gasteiger partial charge in [0.25, 0.3) is 0 Å². The predicted octanol–water partition coefficient (Wildman–Crippen LogP) is 2.31. The molecule has 1 rings (SSSR count). The predicted molar refractivity (Wildman–Crippen MR) is 44.6 cm³/mol. The van der Waals surface area contributed by atoms with E-state index in [1.807, 2.05) is 0 Å². The fourth-order valence-corrected chi connectivity index (χ4v) is 1.44. The molecule has 0 amide bonds. The lowest BCUT2D eigenvalue weighted by Gasteiger charge is -2.11. The van der Waals surface area contributed by atoms with Gasteiger partial charge in [0.15, 0.2) is 5.79 Å². The van der Waals surface area contributed by atoms with Crippen molar-refractivity contribution < 1.29 is 9.47 Å². The van der Waals surface area contributed by atoms with Crippen LogP contribution < -0.4 is 0 Å². The topological polar surface area (TPSA) is 18.5 Å². The Morgan fingerprint density at radius 2 is 2.00 bits per heavy atom. The monoisotopic (exact) mass is 196 g/mol. The van der Waals surface area contributed by atoms with Crippen molar-refractivity contribution in [3.63, 3.8) is 0 Å². The molecule has 0 unspecified atom stereocenters. The number of methoxy groups -OCH3 is 2. The Bertz CT molecular complexity index is 171.